The predicted molar refractivity (Wildman–Crippen MR) is 73.5 cm³/mol. The third-order valence-corrected chi connectivity index (χ3v) is 3.29. The van der Waals surface area contributed by atoms with E-state index in [2.05, 4.69) is 4.98 Å². The molecule has 3 rings (SSSR count). The minimum absolute atomic E-state index is 0.104. The average Bonchev–Trinajstić information content (AvgIpc) is 2.85. The standard InChI is InChI=1S/C15H12F3N3/c16-15(17,18)11-7-4-8-21-12(9-19)13(20-14(11)21)10-5-2-1-3-6-10/h1-8H,9,19H2. The lowest BCUT2D eigenvalue weighted by Crippen LogP contribution is -2.08. The molecule has 0 amide bonds. The largest absolute Gasteiger partial charge is 0.419 e. The maximum atomic E-state index is 13.1. The molecule has 0 saturated heterocycles. The lowest BCUT2D eigenvalue weighted by atomic mass is 10.1. The van der Waals surface area contributed by atoms with Crippen molar-refractivity contribution in [2.45, 2.75) is 12.7 Å². The Bertz CT molecular complexity index is 776. The van der Waals surface area contributed by atoms with Gasteiger partial charge in [-0.2, -0.15) is 13.2 Å². The number of aromatic nitrogens is 2. The van der Waals surface area contributed by atoms with Crippen molar-refractivity contribution in [2.24, 2.45) is 5.73 Å². The van der Waals surface area contributed by atoms with Crippen molar-refractivity contribution in [2.75, 3.05) is 0 Å². The number of halogens is 3. The van der Waals surface area contributed by atoms with Crippen molar-refractivity contribution in [3.63, 3.8) is 0 Å². The van der Waals surface area contributed by atoms with Crippen LogP contribution in [-0.4, -0.2) is 9.38 Å². The fourth-order valence-electron chi connectivity index (χ4n) is 2.36. The molecule has 6 heteroatoms. The van der Waals surface area contributed by atoms with E-state index in [1.807, 2.05) is 18.2 Å². The second-order valence-electron chi connectivity index (χ2n) is 4.59. The molecule has 0 fully saturated rings. The van der Waals surface area contributed by atoms with Gasteiger partial charge < -0.3 is 10.1 Å². The van der Waals surface area contributed by atoms with Crippen molar-refractivity contribution < 1.29 is 13.2 Å². The monoisotopic (exact) mass is 291 g/mol. The highest BCUT2D eigenvalue weighted by molar-refractivity contribution is 5.68. The lowest BCUT2D eigenvalue weighted by Gasteiger charge is -2.08. The van der Waals surface area contributed by atoms with Gasteiger partial charge in [0.05, 0.1) is 17.0 Å². The molecule has 2 aromatic heterocycles. The number of hydrogen-bond acceptors (Lipinski definition) is 2. The molecule has 0 bridgehead atoms. The SMILES string of the molecule is NCc1c(-c2ccccc2)nc2c(C(F)(F)F)cccn12. The highest BCUT2D eigenvalue weighted by atomic mass is 19.4. The lowest BCUT2D eigenvalue weighted by molar-refractivity contribution is -0.136. The van der Waals surface area contributed by atoms with Gasteiger partial charge in [0.1, 0.15) is 5.65 Å². The molecular formula is C15H12F3N3. The zero-order valence-corrected chi connectivity index (χ0v) is 10.9. The molecule has 0 radical (unpaired) electrons. The molecule has 3 aromatic rings. The van der Waals surface area contributed by atoms with Gasteiger partial charge in [0.15, 0.2) is 0 Å². The summed E-state index contributed by atoms with van der Waals surface area (Å²) in [6.07, 6.45) is -2.90. The highest BCUT2D eigenvalue weighted by Gasteiger charge is 2.34. The van der Waals surface area contributed by atoms with Gasteiger partial charge in [-0.15, -0.1) is 0 Å². The summed E-state index contributed by atoms with van der Waals surface area (Å²) in [5, 5.41) is 0. The molecule has 0 aliphatic heterocycles. The van der Waals surface area contributed by atoms with Crippen LogP contribution in [-0.2, 0) is 12.7 Å². The Hall–Kier alpha value is -2.34. The molecule has 0 aliphatic rings. The van der Waals surface area contributed by atoms with Crippen LogP contribution in [0.25, 0.3) is 16.9 Å². The smallest absolute Gasteiger partial charge is 0.325 e. The number of benzene rings is 1. The normalized spacial score (nSPS) is 12.0. The number of rotatable bonds is 2. The molecule has 108 valence electrons. The van der Waals surface area contributed by atoms with Crippen LogP contribution < -0.4 is 5.73 Å². The Kier molecular flexibility index (Phi) is 3.17. The Morgan fingerprint density at radius 2 is 1.76 bits per heavy atom. The van der Waals surface area contributed by atoms with Gasteiger partial charge in [-0.1, -0.05) is 30.3 Å². The van der Waals surface area contributed by atoms with Crippen LogP contribution in [0.4, 0.5) is 13.2 Å². The molecule has 2 heterocycles. The summed E-state index contributed by atoms with van der Waals surface area (Å²) in [7, 11) is 0. The zero-order chi connectivity index (χ0) is 15.0. The molecule has 0 atom stereocenters. The van der Waals surface area contributed by atoms with Gasteiger partial charge in [0, 0.05) is 18.3 Å². The Morgan fingerprint density at radius 3 is 2.38 bits per heavy atom. The van der Waals surface area contributed by atoms with Crippen molar-refractivity contribution in [3.8, 4) is 11.3 Å². The number of hydrogen-bond donors (Lipinski definition) is 1. The number of nitrogens with zero attached hydrogens (tertiary/aromatic N) is 2. The van der Waals surface area contributed by atoms with Crippen LogP contribution in [0.3, 0.4) is 0 Å². The maximum absolute atomic E-state index is 13.1. The van der Waals surface area contributed by atoms with Crippen LogP contribution >= 0.6 is 0 Å². The third kappa shape index (κ3) is 2.27. The first-order valence-electron chi connectivity index (χ1n) is 6.35. The van der Waals surface area contributed by atoms with Gasteiger partial charge in [0.2, 0.25) is 0 Å². The summed E-state index contributed by atoms with van der Waals surface area (Å²) in [5.74, 6) is 0. The number of nitrogens with two attached hydrogens (primary N) is 1. The molecule has 1 aromatic carbocycles. The molecule has 3 nitrogen and oxygen atoms in total. The molecule has 21 heavy (non-hydrogen) atoms. The summed E-state index contributed by atoms with van der Waals surface area (Å²) in [6.45, 7) is 0.104. The fourth-order valence-corrected chi connectivity index (χ4v) is 2.36. The van der Waals surface area contributed by atoms with Crippen molar-refractivity contribution in [1.82, 2.24) is 9.38 Å². The molecule has 0 spiro atoms. The third-order valence-electron chi connectivity index (χ3n) is 3.29. The van der Waals surface area contributed by atoms with Gasteiger partial charge in [-0.05, 0) is 12.1 Å². The van der Waals surface area contributed by atoms with Crippen molar-refractivity contribution in [3.05, 3.63) is 59.9 Å². The number of fused-ring (bicyclic) bond motifs is 1. The van der Waals surface area contributed by atoms with Gasteiger partial charge in [-0.3, -0.25) is 0 Å². The van der Waals surface area contributed by atoms with E-state index >= 15 is 0 Å². The summed E-state index contributed by atoms with van der Waals surface area (Å²) >= 11 is 0. The molecule has 0 saturated carbocycles. The van der Waals surface area contributed by atoms with E-state index in [-0.39, 0.29) is 12.2 Å². The van der Waals surface area contributed by atoms with Crippen molar-refractivity contribution >= 4 is 5.65 Å². The quantitative estimate of drug-likeness (QED) is 0.785. The van der Waals surface area contributed by atoms with E-state index < -0.39 is 11.7 Å². The second-order valence-corrected chi connectivity index (χ2v) is 4.59. The van der Waals surface area contributed by atoms with Crippen LogP contribution in [0.15, 0.2) is 48.7 Å². The topological polar surface area (TPSA) is 43.3 Å². The van der Waals surface area contributed by atoms with E-state index in [0.717, 1.165) is 11.6 Å². The Labute approximate surface area is 118 Å². The van der Waals surface area contributed by atoms with Crippen LogP contribution in [0.2, 0.25) is 0 Å². The first-order valence-corrected chi connectivity index (χ1v) is 6.35. The predicted octanol–water partition coefficient (Wildman–Crippen LogP) is 3.48. The Morgan fingerprint density at radius 1 is 1.05 bits per heavy atom. The number of alkyl halides is 3. The summed E-state index contributed by atoms with van der Waals surface area (Å²) in [5.41, 5.74) is 6.62. The van der Waals surface area contributed by atoms with Gasteiger partial charge >= 0.3 is 6.18 Å². The minimum atomic E-state index is -4.45. The van der Waals surface area contributed by atoms with Gasteiger partial charge in [-0.25, -0.2) is 4.98 Å². The zero-order valence-electron chi connectivity index (χ0n) is 10.9. The van der Waals surface area contributed by atoms with E-state index in [1.54, 1.807) is 18.3 Å². The highest BCUT2D eigenvalue weighted by Crippen LogP contribution is 2.34. The fraction of sp³-hybridized carbons (Fsp3) is 0.133. The van der Waals surface area contributed by atoms with Crippen LogP contribution in [0.1, 0.15) is 11.3 Å². The number of imidazole rings is 1. The van der Waals surface area contributed by atoms with E-state index in [0.29, 0.717) is 11.4 Å². The summed E-state index contributed by atoms with van der Waals surface area (Å²) in [4.78, 5) is 4.18. The average molecular weight is 291 g/mol. The van der Waals surface area contributed by atoms with E-state index in [1.165, 1.54) is 10.5 Å². The molecular weight excluding hydrogens is 279 g/mol. The van der Waals surface area contributed by atoms with Gasteiger partial charge in [0.25, 0.3) is 0 Å². The maximum Gasteiger partial charge on any atom is 0.419 e. The van der Waals surface area contributed by atoms with Crippen LogP contribution in [0.5, 0.6) is 0 Å². The Balaban J connectivity index is 2.33. The minimum Gasteiger partial charge on any atom is -0.325 e. The van der Waals surface area contributed by atoms with Crippen molar-refractivity contribution in [1.29, 1.82) is 0 Å². The molecule has 2 N–H and O–H groups in total. The van der Waals surface area contributed by atoms with E-state index in [4.69, 9.17) is 5.73 Å². The molecule has 0 unspecified atom stereocenters. The second kappa shape index (κ2) is 4.89. The summed E-state index contributed by atoms with van der Waals surface area (Å²) < 4.78 is 40.6. The summed E-state index contributed by atoms with van der Waals surface area (Å²) in [6, 6.07) is 11.4. The molecule has 0 aliphatic carbocycles. The van der Waals surface area contributed by atoms with Crippen LogP contribution in [0, 0.1) is 0 Å². The first-order chi connectivity index (χ1) is 10.0. The first kappa shape index (κ1) is 13.6. The van der Waals surface area contributed by atoms with E-state index in [9.17, 15) is 13.2 Å². The number of pyridine rings is 1.